The highest BCUT2D eigenvalue weighted by molar-refractivity contribution is 7.89. The Labute approximate surface area is 103 Å². The van der Waals surface area contributed by atoms with Gasteiger partial charge in [-0.15, -0.1) is 11.3 Å². The van der Waals surface area contributed by atoms with Crippen molar-refractivity contribution in [2.24, 2.45) is 0 Å². The summed E-state index contributed by atoms with van der Waals surface area (Å²) in [6.45, 7) is 0.142. The van der Waals surface area contributed by atoms with Gasteiger partial charge in [-0.05, 0) is 0 Å². The molecule has 0 bridgehead atoms. The highest BCUT2D eigenvalue weighted by Gasteiger charge is 2.16. The number of aromatic carboxylic acids is 1. The number of aromatic nitrogens is 1. The summed E-state index contributed by atoms with van der Waals surface area (Å²) in [5, 5.41) is 11.9. The molecule has 0 aliphatic carbocycles. The zero-order valence-electron chi connectivity index (χ0n) is 9.37. The summed E-state index contributed by atoms with van der Waals surface area (Å²) in [6, 6.07) is 0. The summed E-state index contributed by atoms with van der Waals surface area (Å²) in [5.41, 5.74) is 1.31. The van der Waals surface area contributed by atoms with E-state index in [1.54, 1.807) is 0 Å². The smallest absolute Gasteiger partial charge is 0.357 e. The van der Waals surface area contributed by atoms with Crippen molar-refractivity contribution in [3.8, 4) is 0 Å². The number of rotatable bonds is 6. The van der Waals surface area contributed by atoms with Crippen LogP contribution in [-0.2, 0) is 10.0 Å². The lowest BCUT2D eigenvalue weighted by Gasteiger charge is -2.11. The van der Waals surface area contributed by atoms with E-state index in [4.69, 9.17) is 5.11 Å². The molecule has 0 aliphatic rings. The van der Waals surface area contributed by atoms with Crippen LogP contribution in [0.25, 0.3) is 0 Å². The molecular formula is C8H13N3O4S2. The molecule has 0 saturated carbocycles. The minimum atomic E-state index is -3.28. The van der Waals surface area contributed by atoms with Gasteiger partial charge in [-0.3, -0.25) is 0 Å². The lowest BCUT2D eigenvalue weighted by molar-refractivity contribution is 0.0692. The summed E-state index contributed by atoms with van der Waals surface area (Å²) < 4.78 is 24.0. The third kappa shape index (κ3) is 3.65. The van der Waals surface area contributed by atoms with Crippen LogP contribution in [0.2, 0.25) is 0 Å². The third-order valence-corrected chi connectivity index (χ3v) is 4.59. The van der Waals surface area contributed by atoms with E-state index in [9.17, 15) is 13.2 Å². The largest absolute Gasteiger partial charge is 0.476 e. The van der Waals surface area contributed by atoms with Crippen LogP contribution in [0.4, 0.5) is 5.00 Å². The standard InChI is InChI=1S/C8H13N3O4S2/c1-11(2)17(14,15)4-3-9-7-6(8(12)13)10-5-16-7/h5,9H,3-4H2,1-2H3,(H,12,13). The van der Waals surface area contributed by atoms with E-state index in [0.717, 1.165) is 15.6 Å². The van der Waals surface area contributed by atoms with Gasteiger partial charge in [-0.1, -0.05) is 0 Å². The Balaban J connectivity index is 2.58. The average Bonchev–Trinajstić information content (AvgIpc) is 2.65. The van der Waals surface area contributed by atoms with Crippen LogP contribution < -0.4 is 5.32 Å². The number of carboxylic acid groups (broad SMARTS) is 1. The van der Waals surface area contributed by atoms with E-state index in [1.165, 1.54) is 19.6 Å². The SMILES string of the molecule is CN(C)S(=O)(=O)CCNc1scnc1C(=O)O. The molecule has 1 aromatic rings. The van der Waals surface area contributed by atoms with Crippen molar-refractivity contribution in [1.82, 2.24) is 9.29 Å². The van der Waals surface area contributed by atoms with Crippen LogP contribution in [0, 0.1) is 0 Å². The number of anilines is 1. The van der Waals surface area contributed by atoms with Crippen molar-refractivity contribution < 1.29 is 18.3 Å². The monoisotopic (exact) mass is 279 g/mol. The molecule has 1 aromatic heterocycles. The number of nitrogens with one attached hydrogen (secondary N) is 1. The first kappa shape index (κ1) is 13.9. The van der Waals surface area contributed by atoms with E-state index in [-0.39, 0.29) is 18.0 Å². The first-order valence-corrected chi connectivity index (χ1v) is 7.14. The molecule has 0 aromatic carbocycles. The van der Waals surface area contributed by atoms with Crippen molar-refractivity contribution in [3.05, 3.63) is 11.2 Å². The molecule has 7 nitrogen and oxygen atoms in total. The van der Waals surface area contributed by atoms with E-state index < -0.39 is 16.0 Å². The number of carbonyl (C=O) groups is 1. The van der Waals surface area contributed by atoms with E-state index in [0.29, 0.717) is 5.00 Å². The molecule has 0 atom stereocenters. The van der Waals surface area contributed by atoms with Gasteiger partial charge < -0.3 is 10.4 Å². The summed E-state index contributed by atoms with van der Waals surface area (Å²) >= 11 is 1.13. The molecule has 0 spiro atoms. The fourth-order valence-electron chi connectivity index (χ4n) is 1.00. The molecule has 9 heteroatoms. The summed E-state index contributed by atoms with van der Waals surface area (Å²) in [7, 11) is -0.379. The van der Waals surface area contributed by atoms with E-state index >= 15 is 0 Å². The number of sulfonamides is 1. The maximum Gasteiger partial charge on any atom is 0.357 e. The second-order valence-electron chi connectivity index (χ2n) is 3.36. The van der Waals surface area contributed by atoms with Crippen molar-refractivity contribution >= 4 is 32.3 Å². The van der Waals surface area contributed by atoms with Gasteiger partial charge in [-0.25, -0.2) is 22.5 Å². The Morgan fingerprint density at radius 1 is 1.59 bits per heavy atom. The van der Waals surface area contributed by atoms with Crippen molar-refractivity contribution in [2.45, 2.75) is 0 Å². The molecular weight excluding hydrogens is 266 g/mol. The van der Waals surface area contributed by atoms with Crippen LogP contribution in [0.1, 0.15) is 10.5 Å². The molecule has 0 radical (unpaired) electrons. The van der Waals surface area contributed by atoms with Crippen molar-refractivity contribution in [3.63, 3.8) is 0 Å². The van der Waals surface area contributed by atoms with E-state index in [2.05, 4.69) is 10.3 Å². The maximum absolute atomic E-state index is 11.4. The number of hydrogen-bond donors (Lipinski definition) is 2. The minimum absolute atomic E-state index is 0.0859. The van der Waals surface area contributed by atoms with Gasteiger partial charge in [0.1, 0.15) is 5.00 Å². The fourth-order valence-corrected chi connectivity index (χ4v) is 2.43. The zero-order chi connectivity index (χ0) is 13.1. The van der Waals surface area contributed by atoms with Crippen LogP contribution >= 0.6 is 11.3 Å². The molecule has 0 aliphatic heterocycles. The van der Waals surface area contributed by atoms with Gasteiger partial charge in [0.25, 0.3) is 0 Å². The number of carboxylic acids is 1. The molecule has 1 heterocycles. The van der Waals surface area contributed by atoms with Gasteiger partial charge in [-0.2, -0.15) is 0 Å². The van der Waals surface area contributed by atoms with Crippen molar-refractivity contribution in [1.29, 1.82) is 0 Å². The summed E-state index contributed by atoms with van der Waals surface area (Å²) in [6.07, 6.45) is 0. The molecule has 96 valence electrons. The predicted molar refractivity (Wildman–Crippen MR) is 65.0 cm³/mol. The first-order valence-electron chi connectivity index (χ1n) is 4.65. The molecule has 0 fully saturated rings. The second kappa shape index (κ2) is 5.43. The molecule has 0 unspecified atom stereocenters. The third-order valence-electron chi connectivity index (χ3n) is 1.97. The highest BCUT2D eigenvalue weighted by atomic mass is 32.2. The summed E-state index contributed by atoms with van der Waals surface area (Å²) in [5.74, 6) is -1.24. The lowest BCUT2D eigenvalue weighted by atomic mass is 10.4. The fraction of sp³-hybridized carbons (Fsp3) is 0.500. The normalized spacial score (nSPS) is 11.7. The van der Waals surface area contributed by atoms with Gasteiger partial charge in [0.2, 0.25) is 10.0 Å². The highest BCUT2D eigenvalue weighted by Crippen LogP contribution is 2.19. The first-order chi connectivity index (χ1) is 7.84. The predicted octanol–water partition coefficient (Wildman–Crippen LogP) is 0.145. The van der Waals surface area contributed by atoms with Crippen LogP contribution in [-0.4, -0.2) is 55.2 Å². The van der Waals surface area contributed by atoms with Gasteiger partial charge in [0, 0.05) is 20.6 Å². The molecule has 2 N–H and O–H groups in total. The van der Waals surface area contributed by atoms with Crippen LogP contribution in [0.3, 0.4) is 0 Å². The Morgan fingerprint density at radius 2 is 2.24 bits per heavy atom. The average molecular weight is 279 g/mol. The number of nitrogens with zero attached hydrogens (tertiary/aromatic N) is 2. The Kier molecular flexibility index (Phi) is 4.43. The van der Waals surface area contributed by atoms with Gasteiger partial charge in [0.15, 0.2) is 5.69 Å². The quantitative estimate of drug-likeness (QED) is 0.768. The molecule has 1 rings (SSSR count). The molecule has 17 heavy (non-hydrogen) atoms. The minimum Gasteiger partial charge on any atom is -0.476 e. The Morgan fingerprint density at radius 3 is 2.76 bits per heavy atom. The zero-order valence-corrected chi connectivity index (χ0v) is 11.0. The van der Waals surface area contributed by atoms with Gasteiger partial charge >= 0.3 is 5.97 Å². The molecule has 0 saturated heterocycles. The number of hydrogen-bond acceptors (Lipinski definition) is 6. The second-order valence-corrected chi connectivity index (χ2v) is 6.52. The molecule has 0 amide bonds. The number of thiazole rings is 1. The van der Waals surface area contributed by atoms with E-state index in [1.807, 2.05) is 0 Å². The lowest BCUT2D eigenvalue weighted by Crippen LogP contribution is -2.28. The van der Waals surface area contributed by atoms with Crippen LogP contribution in [0.15, 0.2) is 5.51 Å². The summed E-state index contributed by atoms with van der Waals surface area (Å²) in [4.78, 5) is 14.4. The Hall–Kier alpha value is -1.19. The Bertz CT molecular complexity index is 495. The van der Waals surface area contributed by atoms with Crippen LogP contribution in [0.5, 0.6) is 0 Å². The van der Waals surface area contributed by atoms with Crippen molar-refractivity contribution in [2.75, 3.05) is 31.7 Å². The van der Waals surface area contributed by atoms with Gasteiger partial charge in [0.05, 0.1) is 11.3 Å². The topological polar surface area (TPSA) is 99.6 Å². The maximum atomic E-state index is 11.4.